The van der Waals surface area contributed by atoms with E-state index in [9.17, 15) is 40.7 Å². The van der Waals surface area contributed by atoms with Gasteiger partial charge in [0.15, 0.2) is 5.69 Å². The summed E-state index contributed by atoms with van der Waals surface area (Å²) in [4.78, 5) is 42.6. The van der Waals surface area contributed by atoms with Gasteiger partial charge in [0.25, 0.3) is 5.91 Å². The maximum absolute atomic E-state index is 13.9. The number of amides is 3. The fraction of sp³-hybridized carbons (Fsp3) is 0.379. The molecule has 3 aromatic rings. The van der Waals surface area contributed by atoms with Crippen molar-refractivity contribution in [2.75, 3.05) is 48.3 Å². The van der Waals surface area contributed by atoms with Crippen molar-refractivity contribution in [3.8, 4) is 5.69 Å². The number of halogens is 6. The highest BCUT2D eigenvalue weighted by Crippen LogP contribution is 2.37. The molecule has 9 nitrogen and oxygen atoms in total. The van der Waals surface area contributed by atoms with Crippen LogP contribution >= 0.6 is 0 Å². The highest BCUT2D eigenvalue weighted by Gasteiger charge is 2.43. The van der Waals surface area contributed by atoms with Crippen LogP contribution in [0.3, 0.4) is 0 Å². The Morgan fingerprint density at radius 1 is 1.00 bits per heavy atom. The minimum atomic E-state index is -5.19. The molecule has 1 N–H and O–H groups in total. The van der Waals surface area contributed by atoms with Gasteiger partial charge in [-0.1, -0.05) is 19.9 Å². The second kappa shape index (κ2) is 12.7. The van der Waals surface area contributed by atoms with Gasteiger partial charge >= 0.3 is 18.3 Å². The highest BCUT2D eigenvalue weighted by atomic mass is 19.4. The standard InChI is InChI=1S/C29H30F6N6O3/c1-4-14-39(5-2)17-23(42)38(3)19-9-11-20(12-10-19)40-15-13-22-24(26(40)43)41(37-25(22)28(30,31)32)21-8-6-7-18(16-21)36-27(44)29(33,34)35/h6-12,16H,4-5,13-15,17H2,1-3H3,(H,36,44). The van der Waals surface area contributed by atoms with Gasteiger partial charge in [-0.15, -0.1) is 0 Å². The number of nitrogens with zero attached hydrogens (tertiary/aromatic N) is 5. The van der Waals surface area contributed by atoms with E-state index in [1.165, 1.54) is 21.9 Å². The second-order valence-electron chi connectivity index (χ2n) is 10.1. The molecule has 1 aliphatic heterocycles. The van der Waals surface area contributed by atoms with E-state index in [0.717, 1.165) is 29.8 Å². The van der Waals surface area contributed by atoms with Crippen molar-refractivity contribution in [1.82, 2.24) is 14.7 Å². The van der Waals surface area contributed by atoms with Crippen LogP contribution in [0, 0.1) is 0 Å². The Kier molecular flexibility index (Phi) is 9.37. The van der Waals surface area contributed by atoms with Crippen molar-refractivity contribution in [3.05, 3.63) is 65.5 Å². The molecule has 2 heterocycles. The number of aromatic nitrogens is 2. The second-order valence-corrected chi connectivity index (χ2v) is 10.1. The molecule has 15 heteroatoms. The lowest BCUT2D eigenvalue weighted by Gasteiger charge is -2.29. The van der Waals surface area contributed by atoms with Crippen molar-refractivity contribution in [2.45, 2.75) is 39.0 Å². The topological polar surface area (TPSA) is 90.8 Å². The quantitative estimate of drug-likeness (QED) is 0.327. The number of hydrogen-bond acceptors (Lipinski definition) is 5. The molecule has 236 valence electrons. The number of nitrogens with one attached hydrogen (secondary N) is 1. The molecule has 0 unspecified atom stereocenters. The molecule has 2 aromatic carbocycles. The van der Waals surface area contributed by atoms with Gasteiger partial charge in [-0.2, -0.15) is 31.4 Å². The predicted molar refractivity (Wildman–Crippen MR) is 151 cm³/mol. The van der Waals surface area contributed by atoms with Crippen LogP contribution in [0.1, 0.15) is 42.0 Å². The number of likely N-dealkylation sites (N-methyl/N-ethyl adjacent to an activating group) is 2. The van der Waals surface area contributed by atoms with Crippen molar-refractivity contribution in [3.63, 3.8) is 0 Å². The van der Waals surface area contributed by atoms with Crippen LogP contribution in [0.2, 0.25) is 0 Å². The molecule has 1 aromatic heterocycles. The molecule has 0 radical (unpaired) electrons. The number of hydrogen-bond donors (Lipinski definition) is 1. The van der Waals surface area contributed by atoms with Crippen molar-refractivity contribution >= 4 is 34.8 Å². The third kappa shape index (κ3) is 6.87. The molecule has 0 saturated heterocycles. The van der Waals surface area contributed by atoms with Gasteiger partial charge in [0, 0.05) is 36.2 Å². The van der Waals surface area contributed by atoms with E-state index in [-0.39, 0.29) is 42.4 Å². The molecule has 0 spiro atoms. The zero-order chi connectivity index (χ0) is 32.4. The molecule has 0 saturated carbocycles. The Balaban J connectivity index is 1.64. The Hall–Kier alpha value is -4.40. The molecule has 44 heavy (non-hydrogen) atoms. The van der Waals surface area contributed by atoms with E-state index in [0.29, 0.717) is 17.9 Å². The molecular formula is C29H30F6N6O3. The van der Waals surface area contributed by atoms with Crippen molar-refractivity contribution < 1.29 is 40.7 Å². The summed E-state index contributed by atoms with van der Waals surface area (Å²) in [6.07, 6.45) is -9.41. The summed E-state index contributed by atoms with van der Waals surface area (Å²) in [5.41, 5.74) is -1.64. The minimum Gasteiger partial charge on any atom is -0.318 e. The molecule has 0 atom stereocenters. The van der Waals surface area contributed by atoms with E-state index in [1.54, 1.807) is 36.6 Å². The Morgan fingerprint density at radius 3 is 2.27 bits per heavy atom. The third-order valence-electron chi connectivity index (χ3n) is 7.16. The molecule has 0 bridgehead atoms. The van der Waals surface area contributed by atoms with Crippen LogP contribution in [0.5, 0.6) is 0 Å². The number of anilines is 3. The van der Waals surface area contributed by atoms with Crippen molar-refractivity contribution in [1.29, 1.82) is 0 Å². The van der Waals surface area contributed by atoms with Gasteiger partial charge in [-0.25, -0.2) is 4.68 Å². The Bertz CT molecular complexity index is 1530. The summed E-state index contributed by atoms with van der Waals surface area (Å²) in [6, 6.07) is 11.0. The maximum Gasteiger partial charge on any atom is 0.471 e. The average Bonchev–Trinajstić information content (AvgIpc) is 3.38. The molecular weight excluding hydrogens is 594 g/mol. The summed E-state index contributed by atoms with van der Waals surface area (Å²) in [5.74, 6) is -3.21. The van der Waals surface area contributed by atoms with Crippen LogP contribution in [-0.4, -0.2) is 71.8 Å². The van der Waals surface area contributed by atoms with E-state index >= 15 is 0 Å². The van der Waals surface area contributed by atoms with Gasteiger partial charge < -0.3 is 15.1 Å². The zero-order valence-corrected chi connectivity index (χ0v) is 24.1. The summed E-state index contributed by atoms with van der Waals surface area (Å²) in [7, 11) is 1.62. The van der Waals surface area contributed by atoms with E-state index in [2.05, 4.69) is 5.10 Å². The molecule has 3 amide bonds. The Labute approximate surface area is 249 Å². The van der Waals surface area contributed by atoms with E-state index in [4.69, 9.17) is 0 Å². The normalized spacial score (nSPS) is 13.7. The lowest BCUT2D eigenvalue weighted by Crippen LogP contribution is -2.39. The van der Waals surface area contributed by atoms with Crippen LogP contribution in [-0.2, 0) is 22.2 Å². The van der Waals surface area contributed by atoms with Gasteiger partial charge in [0.2, 0.25) is 5.91 Å². The fourth-order valence-electron chi connectivity index (χ4n) is 4.90. The first-order valence-corrected chi connectivity index (χ1v) is 13.7. The molecule has 0 fully saturated rings. The highest BCUT2D eigenvalue weighted by molar-refractivity contribution is 6.08. The van der Waals surface area contributed by atoms with Gasteiger partial charge in [-0.3, -0.25) is 19.3 Å². The van der Waals surface area contributed by atoms with Crippen LogP contribution in [0.4, 0.5) is 43.4 Å². The van der Waals surface area contributed by atoms with Crippen molar-refractivity contribution in [2.24, 2.45) is 0 Å². The summed E-state index contributed by atoms with van der Waals surface area (Å²) >= 11 is 0. The number of rotatable bonds is 9. The molecule has 1 aliphatic rings. The SMILES string of the molecule is CCCN(CC)CC(=O)N(C)c1ccc(N2CCc3c(C(F)(F)F)nn(-c4cccc(NC(=O)C(F)(F)F)c4)c3C2=O)cc1. The predicted octanol–water partition coefficient (Wildman–Crippen LogP) is 5.29. The average molecular weight is 625 g/mol. The summed E-state index contributed by atoms with van der Waals surface area (Å²) in [6.45, 7) is 5.59. The first-order chi connectivity index (χ1) is 20.6. The van der Waals surface area contributed by atoms with E-state index in [1.807, 2.05) is 18.7 Å². The lowest BCUT2D eigenvalue weighted by atomic mass is 10.0. The van der Waals surface area contributed by atoms with Crippen LogP contribution < -0.4 is 15.1 Å². The molecule has 4 rings (SSSR count). The maximum atomic E-state index is 13.9. The number of benzene rings is 2. The van der Waals surface area contributed by atoms with E-state index < -0.39 is 35.6 Å². The van der Waals surface area contributed by atoms with Crippen LogP contribution in [0.25, 0.3) is 5.69 Å². The number of alkyl halides is 6. The van der Waals surface area contributed by atoms with Gasteiger partial charge in [-0.05, 0) is 68.4 Å². The number of carbonyl (C=O) groups is 3. The minimum absolute atomic E-state index is 0.0983. The fourth-order valence-corrected chi connectivity index (χ4v) is 4.90. The van der Waals surface area contributed by atoms with Gasteiger partial charge in [0.05, 0.1) is 12.2 Å². The number of fused-ring (bicyclic) bond motifs is 1. The van der Waals surface area contributed by atoms with Crippen LogP contribution in [0.15, 0.2) is 48.5 Å². The third-order valence-corrected chi connectivity index (χ3v) is 7.16. The Morgan fingerprint density at radius 2 is 1.68 bits per heavy atom. The lowest BCUT2D eigenvalue weighted by molar-refractivity contribution is -0.167. The summed E-state index contributed by atoms with van der Waals surface area (Å²) in [5, 5.41) is 5.29. The first-order valence-electron chi connectivity index (χ1n) is 13.7. The van der Waals surface area contributed by atoms with Gasteiger partial charge in [0.1, 0.15) is 5.69 Å². The zero-order valence-electron chi connectivity index (χ0n) is 24.1. The first kappa shape index (κ1) is 32.5. The monoisotopic (exact) mass is 624 g/mol. The largest absolute Gasteiger partial charge is 0.471 e. The molecule has 0 aliphatic carbocycles. The summed E-state index contributed by atoms with van der Waals surface area (Å²) < 4.78 is 80.8. The number of carbonyl (C=O) groups excluding carboxylic acids is 3. The smallest absolute Gasteiger partial charge is 0.318 e.